The van der Waals surface area contributed by atoms with Gasteiger partial charge in [0.2, 0.25) is 0 Å². The maximum atomic E-state index is 5.84. The van der Waals surface area contributed by atoms with E-state index in [0.717, 1.165) is 22.6 Å². The Balaban J connectivity index is 2.63. The monoisotopic (exact) mass is 245 g/mol. The van der Waals surface area contributed by atoms with E-state index in [1.807, 2.05) is 25.2 Å². The molecule has 0 aliphatic carbocycles. The zero-order valence-corrected chi connectivity index (χ0v) is 11.3. The predicted octanol–water partition coefficient (Wildman–Crippen LogP) is 2.80. The second-order valence-electron chi connectivity index (χ2n) is 4.65. The van der Waals surface area contributed by atoms with Crippen LogP contribution in [0.3, 0.4) is 0 Å². The van der Waals surface area contributed by atoms with Crippen LogP contribution in [0.15, 0.2) is 24.3 Å². The number of nitrogens with zero attached hydrogens (tertiary/aromatic N) is 2. The number of benzene rings is 1. The van der Waals surface area contributed by atoms with Gasteiger partial charge in [-0.1, -0.05) is 26.0 Å². The van der Waals surface area contributed by atoms with E-state index in [9.17, 15) is 0 Å². The normalized spacial score (nSPS) is 10.9. The van der Waals surface area contributed by atoms with E-state index < -0.39 is 0 Å². The number of methoxy groups -OCH3 is 1. The number of aryl methyl sites for hydroxylation is 1. The van der Waals surface area contributed by atoms with Crippen molar-refractivity contribution in [1.82, 2.24) is 9.78 Å². The first-order valence-electron chi connectivity index (χ1n) is 6.01. The van der Waals surface area contributed by atoms with Crippen LogP contribution < -0.4 is 10.5 Å². The van der Waals surface area contributed by atoms with Crippen LogP contribution in [0.5, 0.6) is 5.75 Å². The third-order valence-corrected chi connectivity index (χ3v) is 3.06. The van der Waals surface area contributed by atoms with Crippen molar-refractivity contribution in [3.05, 3.63) is 29.8 Å². The average Bonchev–Trinajstić information content (AvgIpc) is 2.68. The van der Waals surface area contributed by atoms with Crippen LogP contribution in [0.1, 0.15) is 25.3 Å². The molecule has 0 aliphatic rings. The highest BCUT2D eigenvalue weighted by atomic mass is 16.5. The summed E-state index contributed by atoms with van der Waals surface area (Å²) in [6.07, 6.45) is 0. The molecule has 96 valence electrons. The largest absolute Gasteiger partial charge is 0.496 e. The van der Waals surface area contributed by atoms with Gasteiger partial charge in [-0.15, -0.1) is 0 Å². The summed E-state index contributed by atoms with van der Waals surface area (Å²) >= 11 is 0. The molecule has 0 atom stereocenters. The second-order valence-corrected chi connectivity index (χ2v) is 4.65. The van der Waals surface area contributed by atoms with Crippen molar-refractivity contribution >= 4 is 5.82 Å². The van der Waals surface area contributed by atoms with Crippen LogP contribution in [0.4, 0.5) is 5.82 Å². The predicted molar refractivity (Wildman–Crippen MR) is 73.7 cm³/mol. The fraction of sp³-hybridized carbons (Fsp3) is 0.357. The van der Waals surface area contributed by atoms with Crippen LogP contribution >= 0.6 is 0 Å². The van der Waals surface area contributed by atoms with Crippen molar-refractivity contribution in [3.63, 3.8) is 0 Å². The topological polar surface area (TPSA) is 53.1 Å². The van der Waals surface area contributed by atoms with E-state index in [4.69, 9.17) is 10.5 Å². The standard InChI is InChI=1S/C14H19N3O/c1-9(2)14-10(6-5-7-12(14)18-4)11-8-13(15)17(3)16-11/h5-9H,15H2,1-4H3. The van der Waals surface area contributed by atoms with E-state index >= 15 is 0 Å². The maximum absolute atomic E-state index is 5.84. The molecule has 1 aromatic carbocycles. The van der Waals surface area contributed by atoms with Crippen molar-refractivity contribution in [2.75, 3.05) is 12.8 Å². The lowest BCUT2D eigenvalue weighted by Crippen LogP contribution is -1.99. The summed E-state index contributed by atoms with van der Waals surface area (Å²) in [5, 5.41) is 4.44. The van der Waals surface area contributed by atoms with Crippen molar-refractivity contribution in [1.29, 1.82) is 0 Å². The van der Waals surface area contributed by atoms with Gasteiger partial charge < -0.3 is 10.5 Å². The summed E-state index contributed by atoms with van der Waals surface area (Å²) in [5.74, 6) is 1.91. The number of nitrogen functional groups attached to an aromatic ring is 1. The van der Waals surface area contributed by atoms with Gasteiger partial charge in [-0.05, 0) is 12.0 Å². The maximum Gasteiger partial charge on any atom is 0.122 e. The number of nitrogens with two attached hydrogens (primary N) is 1. The summed E-state index contributed by atoms with van der Waals surface area (Å²) in [4.78, 5) is 0. The minimum Gasteiger partial charge on any atom is -0.496 e. The minimum atomic E-state index is 0.361. The zero-order chi connectivity index (χ0) is 13.3. The molecule has 0 spiro atoms. The fourth-order valence-corrected chi connectivity index (χ4v) is 2.15. The van der Waals surface area contributed by atoms with Gasteiger partial charge in [0.15, 0.2) is 0 Å². The smallest absolute Gasteiger partial charge is 0.122 e. The Labute approximate surface area is 107 Å². The molecule has 18 heavy (non-hydrogen) atoms. The Hall–Kier alpha value is -1.97. The van der Waals surface area contributed by atoms with Crippen LogP contribution in [-0.2, 0) is 7.05 Å². The van der Waals surface area contributed by atoms with E-state index in [1.165, 1.54) is 0 Å². The SMILES string of the molecule is COc1cccc(-c2cc(N)n(C)n2)c1C(C)C. The third-order valence-electron chi connectivity index (χ3n) is 3.06. The van der Waals surface area contributed by atoms with Crippen LogP contribution in [0.2, 0.25) is 0 Å². The van der Waals surface area contributed by atoms with Crippen molar-refractivity contribution in [3.8, 4) is 17.0 Å². The highest BCUT2D eigenvalue weighted by Crippen LogP contribution is 2.35. The fourth-order valence-electron chi connectivity index (χ4n) is 2.15. The summed E-state index contributed by atoms with van der Waals surface area (Å²) < 4.78 is 7.12. The first-order chi connectivity index (χ1) is 8.54. The number of hydrogen-bond acceptors (Lipinski definition) is 3. The van der Waals surface area contributed by atoms with Gasteiger partial charge in [-0.3, -0.25) is 4.68 Å². The molecule has 0 saturated carbocycles. The van der Waals surface area contributed by atoms with Crippen molar-refractivity contribution < 1.29 is 4.74 Å². The Bertz CT molecular complexity index is 539. The van der Waals surface area contributed by atoms with Crippen molar-refractivity contribution in [2.24, 2.45) is 7.05 Å². The molecule has 1 heterocycles. The zero-order valence-electron chi connectivity index (χ0n) is 11.3. The first-order valence-corrected chi connectivity index (χ1v) is 6.01. The highest BCUT2D eigenvalue weighted by molar-refractivity contribution is 5.69. The van der Waals surface area contributed by atoms with Crippen LogP contribution in [0, 0.1) is 0 Å². The van der Waals surface area contributed by atoms with E-state index in [1.54, 1.807) is 11.8 Å². The Morgan fingerprint density at radius 1 is 1.33 bits per heavy atom. The lowest BCUT2D eigenvalue weighted by molar-refractivity contribution is 0.408. The Morgan fingerprint density at radius 2 is 2.06 bits per heavy atom. The molecule has 0 fully saturated rings. The average molecular weight is 245 g/mol. The first kappa shape index (κ1) is 12.5. The molecule has 2 rings (SSSR count). The minimum absolute atomic E-state index is 0.361. The number of aromatic nitrogens is 2. The van der Waals surface area contributed by atoms with Crippen LogP contribution in [0.25, 0.3) is 11.3 Å². The van der Waals surface area contributed by atoms with E-state index in [0.29, 0.717) is 11.7 Å². The molecule has 0 saturated heterocycles. The third kappa shape index (κ3) is 2.06. The molecule has 4 heteroatoms. The molecule has 2 aromatic rings. The van der Waals surface area contributed by atoms with Gasteiger partial charge in [-0.25, -0.2) is 0 Å². The van der Waals surface area contributed by atoms with Gasteiger partial charge in [0, 0.05) is 24.2 Å². The molecule has 1 aromatic heterocycles. The molecule has 0 aliphatic heterocycles. The number of anilines is 1. The highest BCUT2D eigenvalue weighted by Gasteiger charge is 2.16. The molecule has 0 amide bonds. The number of ether oxygens (including phenoxy) is 1. The molecule has 2 N–H and O–H groups in total. The Kier molecular flexibility index (Phi) is 3.28. The summed E-state index contributed by atoms with van der Waals surface area (Å²) in [6.45, 7) is 4.29. The summed E-state index contributed by atoms with van der Waals surface area (Å²) in [6, 6.07) is 7.90. The van der Waals surface area contributed by atoms with Gasteiger partial charge >= 0.3 is 0 Å². The van der Waals surface area contributed by atoms with E-state index in [-0.39, 0.29) is 0 Å². The molecular weight excluding hydrogens is 226 g/mol. The summed E-state index contributed by atoms with van der Waals surface area (Å²) in [7, 11) is 3.53. The second kappa shape index (κ2) is 4.72. The Morgan fingerprint density at radius 3 is 2.56 bits per heavy atom. The quantitative estimate of drug-likeness (QED) is 0.904. The number of rotatable bonds is 3. The molecule has 0 radical (unpaired) electrons. The number of hydrogen-bond donors (Lipinski definition) is 1. The van der Waals surface area contributed by atoms with Gasteiger partial charge in [0.25, 0.3) is 0 Å². The molecule has 4 nitrogen and oxygen atoms in total. The van der Waals surface area contributed by atoms with Gasteiger partial charge in [-0.2, -0.15) is 5.10 Å². The lowest BCUT2D eigenvalue weighted by atomic mass is 9.94. The van der Waals surface area contributed by atoms with Crippen LogP contribution in [-0.4, -0.2) is 16.9 Å². The molecular formula is C14H19N3O. The molecule has 0 unspecified atom stereocenters. The van der Waals surface area contributed by atoms with E-state index in [2.05, 4.69) is 25.0 Å². The summed E-state index contributed by atoms with van der Waals surface area (Å²) in [5.41, 5.74) is 8.98. The lowest BCUT2D eigenvalue weighted by Gasteiger charge is -2.15. The molecule has 0 bridgehead atoms. The van der Waals surface area contributed by atoms with Gasteiger partial charge in [0.05, 0.1) is 12.8 Å². The van der Waals surface area contributed by atoms with Gasteiger partial charge in [0.1, 0.15) is 11.6 Å². The van der Waals surface area contributed by atoms with Crippen molar-refractivity contribution in [2.45, 2.75) is 19.8 Å².